The molecule has 0 saturated carbocycles. The van der Waals surface area contributed by atoms with Crippen molar-refractivity contribution < 1.29 is 9.47 Å². The zero-order valence-corrected chi connectivity index (χ0v) is 13.5. The first-order chi connectivity index (χ1) is 10.6. The highest BCUT2D eigenvalue weighted by molar-refractivity contribution is 6.34. The van der Waals surface area contributed by atoms with Crippen LogP contribution in [0.2, 0.25) is 10.0 Å². The van der Waals surface area contributed by atoms with Crippen molar-refractivity contribution in [3.63, 3.8) is 0 Å². The monoisotopic (exact) mass is 338 g/mol. The Morgan fingerprint density at radius 2 is 2.09 bits per heavy atom. The minimum Gasteiger partial charge on any atom is -0.497 e. The van der Waals surface area contributed by atoms with Gasteiger partial charge in [0.25, 0.3) is 0 Å². The molecule has 1 atom stereocenters. The van der Waals surface area contributed by atoms with Crippen molar-refractivity contribution in [3.05, 3.63) is 40.4 Å². The Bertz CT molecular complexity index is 707. The second-order valence-electron chi connectivity index (χ2n) is 5.06. The fraction of sp³-hybridized carbons (Fsp3) is 0.250. The molecule has 2 aromatic carbocycles. The Balaban J connectivity index is 2.13. The van der Waals surface area contributed by atoms with Gasteiger partial charge in [-0.1, -0.05) is 23.2 Å². The van der Waals surface area contributed by atoms with Crippen LogP contribution in [0.1, 0.15) is 0 Å². The predicted molar refractivity (Wildman–Crippen MR) is 90.4 cm³/mol. The molecule has 6 heteroatoms. The molecule has 0 saturated heterocycles. The topological polar surface area (TPSA) is 56.5 Å². The summed E-state index contributed by atoms with van der Waals surface area (Å²) in [7, 11) is 1.60. The number of fused-ring (bicyclic) bond motifs is 1. The largest absolute Gasteiger partial charge is 0.497 e. The lowest BCUT2D eigenvalue weighted by Crippen LogP contribution is -2.37. The number of ether oxygens (including phenoxy) is 2. The van der Waals surface area contributed by atoms with Crippen LogP contribution >= 0.6 is 23.2 Å². The highest BCUT2D eigenvalue weighted by atomic mass is 35.5. The Kier molecular flexibility index (Phi) is 4.34. The molecule has 0 bridgehead atoms. The zero-order valence-electron chi connectivity index (χ0n) is 12.0. The smallest absolute Gasteiger partial charge is 0.144 e. The standard InChI is InChI=1S/C16H16Cl2N2O2/c1-21-11-2-3-12(14(18)6-11)13-4-9(17)5-15-16(13)20-10(7-19)8-22-15/h2-6,10,20H,7-8,19H2,1H3/t10-/m1/s1. The van der Waals surface area contributed by atoms with E-state index < -0.39 is 0 Å². The number of nitrogens with two attached hydrogens (primary N) is 1. The predicted octanol–water partition coefficient (Wildman–Crippen LogP) is 3.80. The summed E-state index contributed by atoms with van der Waals surface area (Å²) in [5.41, 5.74) is 8.33. The average Bonchev–Trinajstić information content (AvgIpc) is 2.53. The summed E-state index contributed by atoms with van der Waals surface area (Å²) in [5.74, 6) is 1.41. The summed E-state index contributed by atoms with van der Waals surface area (Å²) < 4.78 is 10.9. The van der Waals surface area contributed by atoms with E-state index in [-0.39, 0.29) is 6.04 Å². The minimum absolute atomic E-state index is 0.0597. The minimum atomic E-state index is 0.0597. The lowest BCUT2D eigenvalue weighted by atomic mass is 10.0. The molecule has 3 N–H and O–H groups in total. The molecule has 0 fully saturated rings. The summed E-state index contributed by atoms with van der Waals surface area (Å²) >= 11 is 12.6. The maximum atomic E-state index is 6.39. The number of anilines is 1. The summed E-state index contributed by atoms with van der Waals surface area (Å²) in [6, 6.07) is 9.25. The van der Waals surface area contributed by atoms with E-state index in [0.717, 1.165) is 16.8 Å². The van der Waals surface area contributed by atoms with Gasteiger partial charge < -0.3 is 20.5 Å². The van der Waals surface area contributed by atoms with Crippen molar-refractivity contribution in [1.29, 1.82) is 0 Å². The third kappa shape index (κ3) is 2.82. The lowest BCUT2D eigenvalue weighted by molar-refractivity contribution is 0.287. The molecule has 0 radical (unpaired) electrons. The van der Waals surface area contributed by atoms with Crippen LogP contribution in [0.15, 0.2) is 30.3 Å². The second-order valence-corrected chi connectivity index (χ2v) is 5.90. The van der Waals surface area contributed by atoms with Gasteiger partial charge in [-0.15, -0.1) is 0 Å². The van der Waals surface area contributed by atoms with E-state index in [4.69, 9.17) is 38.4 Å². The third-order valence-electron chi connectivity index (χ3n) is 3.61. The highest BCUT2D eigenvalue weighted by Crippen LogP contribution is 2.43. The van der Waals surface area contributed by atoms with Gasteiger partial charge in [-0.05, 0) is 24.3 Å². The molecule has 22 heavy (non-hydrogen) atoms. The lowest BCUT2D eigenvalue weighted by Gasteiger charge is -2.29. The number of benzene rings is 2. The van der Waals surface area contributed by atoms with Crippen molar-refractivity contribution in [2.75, 3.05) is 25.6 Å². The van der Waals surface area contributed by atoms with Gasteiger partial charge in [0.15, 0.2) is 0 Å². The molecule has 0 spiro atoms. The van der Waals surface area contributed by atoms with Crippen molar-refractivity contribution in [3.8, 4) is 22.6 Å². The first kappa shape index (κ1) is 15.3. The molecule has 116 valence electrons. The Morgan fingerprint density at radius 3 is 2.77 bits per heavy atom. The number of hydrogen-bond donors (Lipinski definition) is 2. The van der Waals surface area contributed by atoms with E-state index in [2.05, 4.69) is 5.32 Å². The summed E-state index contributed by atoms with van der Waals surface area (Å²) in [6.07, 6.45) is 0. The number of halogens is 2. The van der Waals surface area contributed by atoms with Crippen LogP contribution in [-0.4, -0.2) is 26.3 Å². The normalized spacial score (nSPS) is 16.5. The number of nitrogens with one attached hydrogen (secondary N) is 1. The third-order valence-corrected chi connectivity index (χ3v) is 4.14. The second kappa shape index (κ2) is 6.24. The molecule has 1 heterocycles. The van der Waals surface area contributed by atoms with Gasteiger partial charge in [0.05, 0.1) is 23.9 Å². The van der Waals surface area contributed by atoms with Gasteiger partial charge >= 0.3 is 0 Å². The van der Waals surface area contributed by atoms with Gasteiger partial charge in [-0.25, -0.2) is 0 Å². The SMILES string of the molecule is COc1ccc(-c2cc(Cl)cc3c2N[C@H](CN)CO3)c(Cl)c1. The van der Waals surface area contributed by atoms with E-state index >= 15 is 0 Å². The molecular formula is C16H16Cl2N2O2. The summed E-state index contributed by atoms with van der Waals surface area (Å²) in [6.45, 7) is 0.997. The maximum Gasteiger partial charge on any atom is 0.144 e. The molecule has 3 rings (SSSR count). The molecule has 0 aliphatic carbocycles. The van der Waals surface area contributed by atoms with Crippen LogP contribution in [0, 0.1) is 0 Å². The summed E-state index contributed by atoms with van der Waals surface area (Å²) in [4.78, 5) is 0. The van der Waals surface area contributed by atoms with Gasteiger partial charge in [-0.2, -0.15) is 0 Å². The quantitative estimate of drug-likeness (QED) is 0.893. The fourth-order valence-corrected chi connectivity index (χ4v) is 2.94. The van der Waals surface area contributed by atoms with Crippen LogP contribution in [0.4, 0.5) is 5.69 Å². The van der Waals surface area contributed by atoms with E-state index in [1.54, 1.807) is 19.2 Å². The van der Waals surface area contributed by atoms with Gasteiger partial charge in [0.1, 0.15) is 18.1 Å². The Morgan fingerprint density at radius 1 is 1.27 bits per heavy atom. The first-order valence-corrected chi connectivity index (χ1v) is 7.65. The van der Waals surface area contributed by atoms with Crippen LogP contribution in [0.3, 0.4) is 0 Å². The first-order valence-electron chi connectivity index (χ1n) is 6.89. The molecule has 0 unspecified atom stereocenters. The fourth-order valence-electron chi connectivity index (χ4n) is 2.46. The van der Waals surface area contributed by atoms with Crippen molar-refractivity contribution in [1.82, 2.24) is 0 Å². The van der Waals surface area contributed by atoms with E-state index in [9.17, 15) is 0 Å². The molecule has 0 aromatic heterocycles. The van der Waals surface area contributed by atoms with Crippen LogP contribution in [-0.2, 0) is 0 Å². The summed E-state index contributed by atoms with van der Waals surface area (Å²) in [5, 5.41) is 4.57. The Labute approximate surface area is 139 Å². The van der Waals surface area contributed by atoms with Crippen molar-refractivity contribution >= 4 is 28.9 Å². The maximum absolute atomic E-state index is 6.39. The van der Waals surface area contributed by atoms with Crippen LogP contribution < -0.4 is 20.5 Å². The van der Waals surface area contributed by atoms with Gasteiger partial charge in [0.2, 0.25) is 0 Å². The van der Waals surface area contributed by atoms with E-state index in [1.807, 2.05) is 18.2 Å². The zero-order chi connectivity index (χ0) is 15.7. The molecule has 1 aliphatic rings. The Hall–Kier alpha value is -1.62. The molecular weight excluding hydrogens is 323 g/mol. The number of methoxy groups -OCH3 is 1. The average molecular weight is 339 g/mol. The van der Waals surface area contributed by atoms with Gasteiger partial charge in [0, 0.05) is 28.8 Å². The molecule has 1 aliphatic heterocycles. The number of hydrogen-bond acceptors (Lipinski definition) is 4. The highest BCUT2D eigenvalue weighted by Gasteiger charge is 2.23. The van der Waals surface area contributed by atoms with E-state index in [0.29, 0.717) is 34.7 Å². The van der Waals surface area contributed by atoms with Crippen molar-refractivity contribution in [2.24, 2.45) is 5.73 Å². The van der Waals surface area contributed by atoms with Crippen LogP contribution in [0.5, 0.6) is 11.5 Å². The van der Waals surface area contributed by atoms with E-state index in [1.165, 1.54) is 0 Å². The van der Waals surface area contributed by atoms with Crippen molar-refractivity contribution in [2.45, 2.75) is 6.04 Å². The van der Waals surface area contributed by atoms with Crippen LogP contribution in [0.25, 0.3) is 11.1 Å². The molecule has 0 amide bonds. The van der Waals surface area contributed by atoms with Gasteiger partial charge in [-0.3, -0.25) is 0 Å². The molecule has 2 aromatic rings. The molecule has 4 nitrogen and oxygen atoms in total. The number of rotatable bonds is 3.